The minimum Gasteiger partial charge on any atom is -0.361 e. The molecular weight excluding hydrogens is 312 g/mol. The molecule has 2 aromatic heterocycles. The molecular formula is C16H14N4O2S. The second-order valence-corrected chi connectivity index (χ2v) is 5.60. The molecule has 0 bridgehead atoms. The molecule has 1 amide bonds. The van der Waals surface area contributed by atoms with Crippen LogP contribution in [0.1, 0.15) is 28.9 Å². The molecule has 0 saturated heterocycles. The summed E-state index contributed by atoms with van der Waals surface area (Å²) in [5.41, 5.74) is 6.33. The Hall–Kier alpha value is -2.80. The molecule has 1 aromatic carbocycles. The highest BCUT2D eigenvalue weighted by Crippen LogP contribution is 2.15. The van der Waals surface area contributed by atoms with Gasteiger partial charge in [-0.25, -0.2) is 10.4 Å². The lowest BCUT2D eigenvalue weighted by Crippen LogP contribution is -2.18. The maximum Gasteiger partial charge on any atom is 0.240 e. The number of hydrazone groups is 1. The van der Waals surface area contributed by atoms with Crippen LogP contribution in [0.2, 0.25) is 0 Å². The fraction of sp³-hybridized carbons (Fsp3) is 0.125. The summed E-state index contributed by atoms with van der Waals surface area (Å²) in [6.07, 6.45) is 3.62. The summed E-state index contributed by atoms with van der Waals surface area (Å²) in [6.45, 7) is 0. The van der Waals surface area contributed by atoms with E-state index in [2.05, 4.69) is 20.5 Å². The van der Waals surface area contributed by atoms with E-state index in [0.29, 0.717) is 5.69 Å². The van der Waals surface area contributed by atoms with E-state index in [1.165, 1.54) is 11.3 Å². The van der Waals surface area contributed by atoms with Gasteiger partial charge in [0.15, 0.2) is 5.78 Å². The highest BCUT2D eigenvalue weighted by Gasteiger charge is 2.10. The van der Waals surface area contributed by atoms with E-state index in [1.807, 2.05) is 30.5 Å². The highest BCUT2D eigenvalue weighted by atomic mass is 32.1. The van der Waals surface area contributed by atoms with Crippen LogP contribution in [0.15, 0.2) is 46.5 Å². The molecule has 0 saturated carbocycles. The molecule has 0 atom stereocenters. The van der Waals surface area contributed by atoms with Crippen LogP contribution in [-0.4, -0.2) is 27.9 Å². The van der Waals surface area contributed by atoms with Gasteiger partial charge in [-0.05, 0) is 6.07 Å². The molecule has 0 unspecified atom stereocenters. The third kappa shape index (κ3) is 3.70. The lowest BCUT2D eigenvalue weighted by atomic mass is 10.2. The van der Waals surface area contributed by atoms with Crippen LogP contribution in [0.4, 0.5) is 0 Å². The zero-order valence-corrected chi connectivity index (χ0v) is 13.0. The summed E-state index contributed by atoms with van der Waals surface area (Å²) in [5, 5.41) is 6.64. The lowest BCUT2D eigenvalue weighted by molar-refractivity contribution is -0.121. The second-order valence-electron chi connectivity index (χ2n) is 4.88. The van der Waals surface area contributed by atoms with E-state index in [9.17, 15) is 9.59 Å². The Kier molecular flexibility index (Phi) is 4.58. The van der Waals surface area contributed by atoms with Gasteiger partial charge in [0.1, 0.15) is 5.69 Å². The Morgan fingerprint density at radius 3 is 3.00 bits per heavy atom. The average molecular weight is 326 g/mol. The fourth-order valence-corrected chi connectivity index (χ4v) is 2.69. The number of para-hydroxylation sites is 1. The number of hydrogen-bond acceptors (Lipinski definition) is 5. The van der Waals surface area contributed by atoms with Crippen LogP contribution >= 0.6 is 11.3 Å². The van der Waals surface area contributed by atoms with Gasteiger partial charge < -0.3 is 4.98 Å². The molecule has 116 valence electrons. The Bertz CT molecular complexity index is 852. The number of fused-ring (bicyclic) bond motifs is 1. The van der Waals surface area contributed by atoms with Crippen molar-refractivity contribution in [1.82, 2.24) is 15.4 Å². The third-order valence-electron chi connectivity index (χ3n) is 3.31. The molecule has 2 heterocycles. The third-order valence-corrected chi connectivity index (χ3v) is 3.90. The molecule has 0 radical (unpaired) electrons. The number of hydrogen-bond donors (Lipinski definition) is 2. The van der Waals surface area contributed by atoms with Crippen molar-refractivity contribution in [3.8, 4) is 0 Å². The summed E-state index contributed by atoms with van der Waals surface area (Å²) in [7, 11) is 0. The summed E-state index contributed by atoms with van der Waals surface area (Å²) in [5.74, 6) is -0.438. The van der Waals surface area contributed by atoms with Crippen LogP contribution in [0.3, 0.4) is 0 Å². The van der Waals surface area contributed by atoms with Gasteiger partial charge >= 0.3 is 0 Å². The predicted molar refractivity (Wildman–Crippen MR) is 89.7 cm³/mol. The number of nitrogens with one attached hydrogen (secondary N) is 2. The van der Waals surface area contributed by atoms with Crippen LogP contribution in [0, 0.1) is 0 Å². The number of aromatic amines is 1. The van der Waals surface area contributed by atoms with E-state index >= 15 is 0 Å². The summed E-state index contributed by atoms with van der Waals surface area (Å²) < 4.78 is 0. The summed E-state index contributed by atoms with van der Waals surface area (Å²) >= 11 is 1.36. The molecule has 6 nitrogen and oxygen atoms in total. The minimum atomic E-state index is -0.301. The number of amides is 1. The molecule has 23 heavy (non-hydrogen) atoms. The van der Waals surface area contributed by atoms with Crippen molar-refractivity contribution < 1.29 is 9.59 Å². The highest BCUT2D eigenvalue weighted by molar-refractivity contribution is 7.07. The number of carbonyl (C=O) groups excluding carboxylic acids is 2. The van der Waals surface area contributed by atoms with Gasteiger partial charge in [-0.2, -0.15) is 5.10 Å². The van der Waals surface area contributed by atoms with Gasteiger partial charge in [0.2, 0.25) is 5.91 Å². The second kappa shape index (κ2) is 6.97. The van der Waals surface area contributed by atoms with E-state index in [-0.39, 0.29) is 24.5 Å². The average Bonchev–Trinajstić information content (AvgIpc) is 3.23. The molecule has 0 spiro atoms. The van der Waals surface area contributed by atoms with Crippen LogP contribution in [0.25, 0.3) is 10.9 Å². The number of aromatic nitrogens is 2. The number of benzene rings is 1. The number of H-pyrrole nitrogens is 1. The van der Waals surface area contributed by atoms with E-state index in [1.54, 1.807) is 17.1 Å². The van der Waals surface area contributed by atoms with Crippen molar-refractivity contribution >= 4 is 40.1 Å². The number of nitrogens with zero attached hydrogens (tertiary/aromatic N) is 2. The summed E-state index contributed by atoms with van der Waals surface area (Å²) in [6, 6.07) is 7.83. The van der Waals surface area contributed by atoms with Crippen LogP contribution in [0.5, 0.6) is 0 Å². The Labute approximate surface area is 136 Å². The van der Waals surface area contributed by atoms with Gasteiger partial charge in [-0.1, -0.05) is 18.2 Å². The van der Waals surface area contributed by atoms with E-state index < -0.39 is 0 Å². The Morgan fingerprint density at radius 2 is 2.17 bits per heavy atom. The monoisotopic (exact) mass is 326 g/mol. The SMILES string of the molecule is O=C(CCC(=O)c1cscn1)N/N=C/c1c[nH]c2ccccc12. The molecule has 3 rings (SSSR count). The normalized spacial score (nSPS) is 11.1. The van der Waals surface area contributed by atoms with Gasteiger partial charge in [0, 0.05) is 40.9 Å². The van der Waals surface area contributed by atoms with Gasteiger partial charge in [0.25, 0.3) is 0 Å². The zero-order valence-electron chi connectivity index (χ0n) is 12.2. The molecule has 3 aromatic rings. The number of carbonyl (C=O) groups is 2. The minimum absolute atomic E-state index is 0.0849. The van der Waals surface area contributed by atoms with Gasteiger partial charge in [-0.15, -0.1) is 11.3 Å². The maximum absolute atomic E-state index is 11.7. The quantitative estimate of drug-likeness (QED) is 0.415. The predicted octanol–water partition coefficient (Wildman–Crippen LogP) is 2.74. The smallest absolute Gasteiger partial charge is 0.240 e. The van der Waals surface area contributed by atoms with Crippen molar-refractivity contribution in [2.75, 3.05) is 0 Å². The maximum atomic E-state index is 11.7. The fourth-order valence-electron chi connectivity index (χ4n) is 2.14. The first-order chi connectivity index (χ1) is 11.2. The van der Waals surface area contributed by atoms with Crippen LogP contribution < -0.4 is 5.43 Å². The molecule has 0 fully saturated rings. The number of rotatable bonds is 6. The van der Waals surface area contributed by atoms with Gasteiger partial charge in [-0.3, -0.25) is 9.59 Å². The first-order valence-electron chi connectivity index (χ1n) is 7.03. The first-order valence-corrected chi connectivity index (χ1v) is 7.98. The topological polar surface area (TPSA) is 87.2 Å². The molecule has 0 aliphatic rings. The summed E-state index contributed by atoms with van der Waals surface area (Å²) in [4.78, 5) is 30.5. The lowest BCUT2D eigenvalue weighted by Gasteiger charge is -1.98. The molecule has 7 heteroatoms. The molecule has 2 N–H and O–H groups in total. The Morgan fingerprint density at radius 1 is 1.30 bits per heavy atom. The van der Waals surface area contributed by atoms with E-state index in [4.69, 9.17) is 0 Å². The Balaban J connectivity index is 1.51. The van der Waals surface area contributed by atoms with Crippen molar-refractivity contribution in [2.45, 2.75) is 12.8 Å². The standard InChI is InChI=1S/C16H14N4O2S/c21-15(14-9-23-10-18-14)5-6-16(22)20-19-8-11-7-17-13-4-2-1-3-12(11)13/h1-4,7-10,17H,5-6H2,(H,20,22)/b19-8+. The molecule has 0 aliphatic carbocycles. The molecule has 0 aliphatic heterocycles. The van der Waals surface area contributed by atoms with Crippen LogP contribution in [-0.2, 0) is 4.79 Å². The van der Waals surface area contributed by atoms with Gasteiger partial charge in [0.05, 0.1) is 11.7 Å². The van der Waals surface area contributed by atoms with E-state index in [0.717, 1.165) is 16.5 Å². The van der Waals surface area contributed by atoms with Crippen molar-refractivity contribution in [3.05, 3.63) is 52.6 Å². The zero-order chi connectivity index (χ0) is 16.1. The number of ketones is 1. The van der Waals surface area contributed by atoms with Crippen molar-refractivity contribution in [3.63, 3.8) is 0 Å². The first kappa shape index (κ1) is 15.1. The number of thiazole rings is 1. The van der Waals surface area contributed by atoms with Crippen molar-refractivity contribution in [1.29, 1.82) is 0 Å². The number of Topliss-reactive ketones (excluding diaryl/α,β-unsaturated/α-hetero) is 1. The largest absolute Gasteiger partial charge is 0.361 e. The van der Waals surface area contributed by atoms with Crippen molar-refractivity contribution in [2.24, 2.45) is 5.10 Å².